The third-order valence-corrected chi connectivity index (χ3v) is 7.84. The molecule has 3 unspecified atom stereocenters. The molecule has 3 aliphatic rings. The van der Waals surface area contributed by atoms with Gasteiger partial charge in [0.15, 0.2) is 5.58 Å². The Hall–Kier alpha value is -2.13. The lowest BCUT2D eigenvalue weighted by Crippen LogP contribution is -2.54. The quantitative estimate of drug-likeness (QED) is 0.814. The van der Waals surface area contributed by atoms with Crippen LogP contribution in [0.1, 0.15) is 38.5 Å². The van der Waals surface area contributed by atoms with Crippen molar-refractivity contribution in [2.45, 2.75) is 62.7 Å². The molecular weight excluding hydrogens is 392 g/mol. The first-order valence-corrected chi connectivity index (χ1v) is 12.2. The highest BCUT2D eigenvalue weighted by atomic mass is 32.2. The normalized spacial score (nSPS) is 30.2. The van der Waals surface area contributed by atoms with Crippen molar-refractivity contribution in [3.63, 3.8) is 0 Å². The van der Waals surface area contributed by atoms with Crippen molar-refractivity contribution in [1.29, 1.82) is 0 Å². The van der Waals surface area contributed by atoms with Crippen LogP contribution in [-0.2, 0) is 14.8 Å². The van der Waals surface area contributed by atoms with Crippen LogP contribution in [0.4, 0.5) is 6.01 Å². The van der Waals surface area contributed by atoms with E-state index in [-0.39, 0.29) is 30.1 Å². The molecule has 9 heteroatoms. The number of aromatic nitrogens is 1. The Labute approximate surface area is 170 Å². The smallest absolute Gasteiger partial charge is 0.299 e. The Morgan fingerprint density at radius 3 is 2.59 bits per heavy atom. The highest BCUT2D eigenvalue weighted by molar-refractivity contribution is 7.88. The van der Waals surface area contributed by atoms with E-state index in [9.17, 15) is 13.2 Å². The van der Waals surface area contributed by atoms with E-state index in [0.29, 0.717) is 18.9 Å². The minimum absolute atomic E-state index is 0.00534. The summed E-state index contributed by atoms with van der Waals surface area (Å²) in [4.78, 5) is 19.6. The van der Waals surface area contributed by atoms with Gasteiger partial charge >= 0.3 is 0 Å². The molecule has 1 amide bonds. The van der Waals surface area contributed by atoms with Crippen LogP contribution < -0.4 is 10.2 Å². The van der Waals surface area contributed by atoms with Crippen LogP contribution in [-0.4, -0.2) is 60.6 Å². The molecule has 0 spiro atoms. The number of rotatable bonds is 4. The summed E-state index contributed by atoms with van der Waals surface area (Å²) in [5, 5.41) is 3.20. The summed E-state index contributed by atoms with van der Waals surface area (Å²) in [6.45, 7) is 0.739. The van der Waals surface area contributed by atoms with Crippen LogP contribution in [0.15, 0.2) is 28.7 Å². The van der Waals surface area contributed by atoms with Gasteiger partial charge in [-0.05, 0) is 50.7 Å². The first kappa shape index (κ1) is 18.9. The molecule has 0 radical (unpaired) electrons. The summed E-state index contributed by atoms with van der Waals surface area (Å²) < 4.78 is 31.7. The van der Waals surface area contributed by atoms with Gasteiger partial charge in [0.1, 0.15) is 11.6 Å². The van der Waals surface area contributed by atoms with Crippen LogP contribution in [0.3, 0.4) is 0 Å². The van der Waals surface area contributed by atoms with Crippen molar-refractivity contribution >= 4 is 33.0 Å². The molecule has 3 fully saturated rings. The average molecular weight is 419 g/mol. The number of nitrogens with one attached hydrogen (secondary N) is 1. The fourth-order valence-corrected chi connectivity index (χ4v) is 6.81. The Balaban J connectivity index is 1.28. The number of hydrogen-bond donors (Lipinski definition) is 1. The van der Waals surface area contributed by atoms with Crippen molar-refractivity contribution in [2.75, 3.05) is 17.7 Å². The van der Waals surface area contributed by atoms with Gasteiger partial charge in [0.05, 0.1) is 6.26 Å². The number of hydrogen-bond acceptors (Lipinski definition) is 6. The van der Waals surface area contributed by atoms with E-state index in [1.165, 1.54) is 6.26 Å². The van der Waals surface area contributed by atoms with Crippen LogP contribution in [0.25, 0.3) is 11.1 Å². The van der Waals surface area contributed by atoms with Crippen LogP contribution in [0.5, 0.6) is 0 Å². The number of anilines is 1. The largest absolute Gasteiger partial charge is 0.423 e. The first-order chi connectivity index (χ1) is 13.9. The second-order valence-electron chi connectivity index (χ2n) is 8.47. The molecule has 1 N–H and O–H groups in total. The van der Waals surface area contributed by atoms with E-state index < -0.39 is 10.0 Å². The van der Waals surface area contributed by atoms with E-state index in [1.54, 1.807) is 4.31 Å². The summed E-state index contributed by atoms with van der Waals surface area (Å²) in [5.41, 5.74) is 1.51. The monoisotopic (exact) mass is 418 g/mol. The lowest BCUT2D eigenvalue weighted by Gasteiger charge is -2.38. The summed E-state index contributed by atoms with van der Waals surface area (Å²) in [6, 6.07) is 7.83. The molecule has 2 aromatic rings. The third kappa shape index (κ3) is 3.40. The lowest BCUT2D eigenvalue weighted by molar-refractivity contribution is -0.123. The summed E-state index contributed by atoms with van der Waals surface area (Å²) in [5.74, 6) is -0.0121. The van der Waals surface area contributed by atoms with Gasteiger partial charge in [0, 0.05) is 24.7 Å². The van der Waals surface area contributed by atoms with Gasteiger partial charge in [-0.3, -0.25) is 4.79 Å². The predicted molar refractivity (Wildman–Crippen MR) is 109 cm³/mol. The SMILES string of the molecule is CS(=O)(=O)N1C2CCC1CC(NC(=O)C1CCCN1c1nc3ccccc3o1)C2. The zero-order valence-electron chi connectivity index (χ0n) is 16.5. The van der Waals surface area contributed by atoms with E-state index in [4.69, 9.17) is 4.42 Å². The number of carbonyl (C=O) groups excluding carboxylic acids is 1. The van der Waals surface area contributed by atoms with Crippen molar-refractivity contribution in [1.82, 2.24) is 14.6 Å². The zero-order chi connectivity index (χ0) is 20.2. The van der Waals surface area contributed by atoms with Gasteiger partial charge in [-0.15, -0.1) is 0 Å². The highest BCUT2D eigenvalue weighted by Gasteiger charge is 2.46. The highest BCUT2D eigenvalue weighted by Crippen LogP contribution is 2.37. The third-order valence-electron chi connectivity index (χ3n) is 6.48. The maximum Gasteiger partial charge on any atom is 0.299 e. The number of nitrogens with zero attached hydrogens (tertiary/aromatic N) is 3. The minimum Gasteiger partial charge on any atom is -0.423 e. The van der Waals surface area contributed by atoms with Gasteiger partial charge in [0.25, 0.3) is 6.01 Å². The average Bonchev–Trinajstić information content (AvgIpc) is 3.36. The Bertz CT molecular complexity index is 989. The number of para-hydroxylation sites is 2. The van der Waals surface area contributed by atoms with Gasteiger partial charge < -0.3 is 14.6 Å². The topological polar surface area (TPSA) is 95.8 Å². The van der Waals surface area contributed by atoms with E-state index in [2.05, 4.69) is 10.3 Å². The van der Waals surface area contributed by atoms with E-state index >= 15 is 0 Å². The number of sulfonamides is 1. The molecule has 3 atom stereocenters. The minimum atomic E-state index is -3.20. The molecule has 29 heavy (non-hydrogen) atoms. The molecule has 0 saturated carbocycles. The number of amides is 1. The zero-order valence-corrected chi connectivity index (χ0v) is 17.3. The molecule has 8 nitrogen and oxygen atoms in total. The van der Waals surface area contributed by atoms with Crippen molar-refractivity contribution in [3.8, 4) is 0 Å². The predicted octanol–water partition coefficient (Wildman–Crippen LogP) is 1.87. The fraction of sp³-hybridized carbons (Fsp3) is 0.600. The van der Waals surface area contributed by atoms with E-state index in [1.807, 2.05) is 29.2 Å². The van der Waals surface area contributed by atoms with Crippen LogP contribution in [0.2, 0.25) is 0 Å². The number of piperidine rings is 1. The summed E-state index contributed by atoms with van der Waals surface area (Å²) in [6.07, 6.45) is 6.09. The number of oxazole rings is 1. The second kappa shape index (κ2) is 6.98. The Kier molecular flexibility index (Phi) is 4.54. The fourth-order valence-electron chi connectivity index (χ4n) is 5.34. The van der Waals surface area contributed by atoms with Crippen LogP contribution in [0, 0.1) is 0 Å². The Morgan fingerprint density at radius 2 is 1.90 bits per heavy atom. The lowest BCUT2D eigenvalue weighted by atomic mass is 9.99. The maximum absolute atomic E-state index is 13.1. The number of fused-ring (bicyclic) bond motifs is 3. The molecule has 0 aliphatic carbocycles. The van der Waals surface area contributed by atoms with Gasteiger partial charge in [-0.2, -0.15) is 9.29 Å². The van der Waals surface area contributed by atoms with Gasteiger partial charge in [-0.1, -0.05) is 12.1 Å². The van der Waals surface area contributed by atoms with Crippen molar-refractivity contribution in [2.24, 2.45) is 0 Å². The van der Waals surface area contributed by atoms with E-state index in [0.717, 1.165) is 43.3 Å². The van der Waals surface area contributed by atoms with Gasteiger partial charge in [0.2, 0.25) is 15.9 Å². The molecule has 156 valence electrons. The molecule has 4 heterocycles. The standard InChI is InChI=1S/C20H26N4O4S/c1-29(26,27)24-14-8-9-15(24)12-13(11-14)21-19(25)17-6-4-10-23(17)20-22-16-5-2-3-7-18(16)28-20/h2-3,5,7,13-15,17H,4,6,8-12H2,1H3,(H,21,25). The molecule has 3 aliphatic heterocycles. The molecule has 3 saturated heterocycles. The summed E-state index contributed by atoms with van der Waals surface area (Å²) in [7, 11) is -3.20. The summed E-state index contributed by atoms with van der Waals surface area (Å²) >= 11 is 0. The molecule has 1 aromatic heterocycles. The second-order valence-corrected chi connectivity index (χ2v) is 10.4. The number of carbonyl (C=O) groups is 1. The maximum atomic E-state index is 13.1. The molecule has 2 bridgehead atoms. The van der Waals surface area contributed by atoms with Crippen molar-refractivity contribution < 1.29 is 17.6 Å². The van der Waals surface area contributed by atoms with Gasteiger partial charge in [-0.25, -0.2) is 8.42 Å². The molecule has 1 aromatic carbocycles. The Morgan fingerprint density at radius 1 is 1.17 bits per heavy atom. The van der Waals surface area contributed by atoms with Crippen molar-refractivity contribution in [3.05, 3.63) is 24.3 Å². The van der Waals surface area contributed by atoms with Crippen LogP contribution >= 0.6 is 0 Å². The first-order valence-electron chi connectivity index (χ1n) is 10.3. The molecular formula is C20H26N4O4S. The number of benzene rings is 1. The molecule has 5 rings (SSSR count).